The second-order valence-corrected chi connectivity index (χ2v) is 4.26. The Hall–Kier alpha value is -1.55. The van der Waals surface area contributed by atoms with E-state index < -0.39 is 0 Å². The van der Waals surface area contributed by atoms with Gasteiger partial charge in [0, 0.05) is 0 Å². The van der Waals surface area contributed by atoms with Crippen molar-refractivity contribution < 1.29 is 4.74 Å². The zero-order valence-corrected chi connectivity index (χ0v) is 10.1. The van der Waals surface area contributed by atoms with Crippen molar-refractivity contribution in [3.8, 4) is 5.75 Å². The third-order valence-corrected chi connectivity index (χ3v) is 3.14. The van der Waals surface area contributed by atoms with Gasteiger partial charge >= 0.3 is 0 Å². The maximum atomic E-state index is 5.57. The van der Waals surface area contributed by atoms with Crippen LogP contribution in [0.3, 0.4) is 0 Å². The first-order chi connectivity index (χ1) is 8.35. The van der Waals surface area contributed by atoms with Gasteiger partial charge in [0.1, 0.15) is 11.6 Å². The molecule has 0 bridgehead atoms. The normalized spacial score (nSPS) is 17.2. The zero-order valence-electron chi connectivity index (χ0n) is 10.1. The number of nitrogens with zero attached hydrogens (tertiary/aromatic N) is 1. The van der Waals surface area contributed by atoms with Crippen molar-refractivity contribution in [2.75, 3.05) is 7.11 Å². The molecule has 1 aliphatic rings. The van der Waals surface area contributed by atoms with Crippen molar-refractivity contribution in [2.24, 2.45) is 10.8 Å². The van der Waals surface area contributed by atoms with Crippen LogP contribution in [0.2, 0.25) is 0 Å². The van der Waals surface area contributed by atoms with E-state index in [1.165, 1.54) is 12.8 Å². The fourth-order valence-electron chi connectivity index (χ4n) is 2.24. The maximum Gasteiger partial charge on any atom is 0.146 e. The summed E-state index contributed by atoms with van der Waals surface area (Å²) in [5.74, 6) is 7.08. The number of para-hydroxylation sites is 1. The maximum absolute atomic E-state index is 5.57. The van der Waals surface area contributed by atoms with Gasteiger partial charge in [-0.05, 0) is 25.0 Å². The van der Waals surface area contributed by atoms with Crippen molar-refractivity contribution in [2.45, 2.75) is 31.7 Å². The molecule has 0 heterocycles. The number of hydrogen-bond donors (Lipinski definition) is 2. The van der Waals surface area contributed by atoms with Crippen LogP contribution in [0.4, 0.5) is 0 Å². The second-order valence-electron chi connectivity index (χ2n) is 4.26. The quantitative estimate of drug-likeness (QED) is 0.362. The molecule has 1 fully saturated rings. The molecule has 1 aliphatic carbocycles. The largest absolute Gasteiger partial charge is 0.496 e. The Morgan fingerprint density at radius 1 is 1.35 bits per heavy atom. The summed E-state index contributed by atoms with van der Waals surface area (Å²) in [5.41, 5.74) is 3.61. The van der Waals surface area contributed by atoms with Crippen molar-refractivity contribution in [1.82, 2.24) is 5.43 Å². The number of methoxy groups -OCH3 is 1. The lowest BCUT2D eigenvalue weighted by Crippen LogP contribution is -2.32. The summed E-state index contributed by atoms with van der Waals surface area (Å²) in [6.07, 6.45) is 4.83. The molecule has 1 saturated carbocycles. The van der Waals surface area contributed by atoms with E-state index in [2.05, 4.69) is 10.4 Å². The van der Waals surface area contributed by atoms with Crippen LogP contribution in [0.25, 0.3) is 0 Å². The van der Waals surface area contributed by atoms with Crippen LogP contribution >= 0.6 is 0 Å². The minimum atomic E-state index is 0.394. The molecule has 4 heteroatoms. The van der Waals surface area contributed by atoms with E-state index in [4.69, 9.17) is 10.6 Å². The summed E-state index contributed by atoms with van der Waals surface area (Å²) in [7, 11) is 1.66. The van der Waals surface area contributed by atoms with Gasteiger partial charge in [0.05, 0.1) is 18.7 Å². The molecule has 1 aromatic rings. The lowest BCUT2D eigenvalue weighted by atomic mass is 10.1. The molecule has 0 amide bonds. The van der Waals surface area contributed by atoms with Crippen molar-refractivity contribution >= 4 is 5.84 Å². The van der Waals surface area contributed by atoms with Gasteiger partial charge in [0.2, 0.25) is 0 Å². The van der Waals surface area contributed by atoms with Crippen LogP contribution in [0.5, 0.6) is 5.75 Å². The molecule has 92 valence electrons. The first-order valence-corrected chi connectivity index (χ1v) is 6.03. The van der Waals surface area contributed by atoms with Crippen LogP contribution in [-0.2, 0) is 0 Å². The molecule has 4 nitrogen and oxygen atoms in total. The molecular weight excluding hydrogens is 214 g/mol. The van der Waals surface area contributed by atoms with Crippen molar-refractivity contribution in [3.05, 3.63) is 29.8 Å². The fourth-order valence-corrected chi connectivity index (χ4v) is 2.24. The van der Waals surface area contributed by atoms with E-state index in [0.717, 1.165) is 24.2 Å². The molecule has 3 N–H and O–H groups in total. The average Bonchev–Trinajstić information content (AvgIpc) is 2.89. The predicted molar refractivity (Wildman–Crippen MR) is 69.1 cm³/mol. The Bertz CT molecular complexity index is 397. The summed E-state index contributed by atoms with van der Waals surface area (Å²) in [6, 6.07) is 8.17. The summed E-state index contributed by atoms with van der Waals surface area (Å²) in [5, 5.41) is 0. The molecular formula is C13H19N3O. The summed E-state index contributed by atoms with van der Waals surface area (Å²) in [4.78, 5) is 4.67. The van der Waals surface area contributed by atoms with Gasteiger partial charge in [-0.2, -0.15) is 0 Å². The SMILES string of the molecule is COc1ccccc1C(=NC1CCCC1)NN. The van der Waals surface area contributed by atoms with Gasteiger partial charge in [0.15, 0.2) is 0 Å². The van der Waals surface area contributed by atoms with E-state index in [9.17, 15) is 0 Å². The van der Waals surface area contributed by atoms with Crippen LogP contribution in [0, 0.1) is 0 Å². The molecule has 0 aromatic heterocycles. The number of nitrogens with two attached hydrogens (primary N) is 1. The van der Waals surface area contributed by atoms with Crippen LogP contribution in [-0.4, -0.2) is 19.0 Å². The molecule has 0 atom stereocenters. The molecule has 0 radical (unpaired) electrons. The number of hydrogen-bond acceptors (Lipinski definition) is 3. The molecule has 1 aromatic carbocycles. The number of rotatable bonds is 3. The predicted octanol–water partition coefficient (Wildman–Crippen LogP) is 1.85. The molecule has 0 saturated heterocycles. The number of benzene rings is 1. The Morgan fingerprint density at radius 2 is 2.06 bits per heavy atom. The molecule has 0 spiro atoms. The zero-order chi connectivity index (χ0) is 12.1. The van der Waals surface area contributed by atoms with Crippen molar-refractivity contribution in [3.63, 3.8) is 0 Å². The van der Waals surface area contributed by atoms with Gasteiger partial charge in [-0.15, -0.1) is 0 Å². The number of hydrazine groups is 1. The van der Waals surface area contributed by atoms with E-state index in [1.54, 1.807) is 7.11 Å². The topological polar surface area (TPSA) is 59.6 Å². The monoisotopic (exact) mass is 233 g/mol. The smallest absolute Gasteiger partial charge is 0.146 e. The third-order valence-electron chi connectivity index (χ3n) is 3.14. The Kier molecular flexibility index (Phi) is 3.98. The molecule has 0 unspecified atom stereocenters. The molecule has 0 aliphatic heterocycles. The Labute approximate surface area is 102 Å². The number of nitrogens with one attached hydrogen (secondary N) is 1. The Balaban J connectivity index is 2.27. The number of amidine groups is 1. The second kappa shape index (κ2) is 5.68. The van der Waals surface area contributed by atoms with Gasteiger partial charge in [0.25, 0.3) is 0 Å². The summed E-state index contributed by atoms with van der Waals surface area (Å²) >= 11 is 0. The Morgan fingerprint density at radius 3 is 2.71 bits per heavy atom. The van der Waals surface area contributed by atoms with Gasteiger partial charge in [-0.1, -0.05) is 25.0 Å². The lowest BCUT2D eigenvalue weighted by molar-refractivity contribution is 0.413. The first kappa shape index (κ1) is 11.9. The fraction of sp³-hybridized carbons (Fsp3) is 0.462. The standard InChI is InChI=1S/C13H19N3O/c1-17-12-9-5-4-8-11(12)13(16-14)15-10-6-2-3-7-10/h4-5,8-10H,2-3,6-7,14H2,1H3,(H,15,16). The highest BCUT2D eigenvalue weighted by Crippen LogP contribution is 2.23. The lowest BCUT2D eigenvalue weighted by Gasteiger charge is -2.12. The van der Waals surface area contributed by atoms with Crippen LogP contribution in [0.15, 0.2) is 29.3 Å². The van der Waals surface area contributed by atoms with Crippen LogP contribution < -0.4 is 16.0 Å². The minimum absolute atomic E-state index is 0.394. The third kappa shape index (κ3) is 2.77. The summed E-state index contributed by atoms with van der Waals surface area (Å²) < 4.78 is 5.32. The molecule has 17 heavy (non-hydrogen) atoms. The van der Waals surface area contributed by atoms with E-state index >= 15 is 0 Å². The van der Waals surface area contributed by atoms with E-state index in [0.29, 0.717) is 11.9 Å². The first-order valence-electron chi connectivity index (χ1n) is 6.03. The highest BCUT2D eigenvalue weighted by atomic mass is 16.5. The van der Waals surface area contributed by atoms with Crippen LogP contribution in [0.1, 0.15) is 31.2 Å². The average molecular weight is 233 g/mol. The molecule has 2 rings (SSSR count). The number of aliphatic imine (C=N–C) groups is 1. The van der Waals surface area contributed by atoms with Gasteiger partial charge in [-0.3, -0.25) is 4.99 Å². The highest BCUT2D eigenvalue weighted by Gasteiger charge is 2.16. The highest BCUT2D eigenvalue weighted by molar-refractivity contribution is 6.00. The summed E-state index contributed by atoms with van der Waals surface area (Å²) in [6.45, 7) is 0. The number of ether oxygens (including phenoxy) is 1. The van der Waals surface area contributed by atoms with Gasteiger partial charge in [-0.25, -0.2) is 5.84 Å². The van der Waals surface area contributed by atoms with E-state index in [1.807, 2.05) is 24.3 Å². The minimum Gasteiger partial charge on any atom is -0.496 e. The van der Waals surface area contributed by atoms with E-state index in [-0.39, 0.29) is 0 Å². The van der Waals surface area contributed by atoms with Gasteiger partial charge < -0.3 is 10.2 Å². The van der Waals surface area contributed by atoms with Crippen molar-refractivity contribution in [1.29, 1.82) is 0 Å².